The monoisotopic (exact) mass is 196 g/mol. The second-order valence-electron chi connectivity index (χ2n) is 2.91. The first-order chi connectivity index (χ1) is 6.20. The third kappa shape index (κ3) is 1.40. The van der Waals surface area contributed by atoms with Gasteiger partial charge in [0.25, 0.3) is 0 Å². The molecule has 2 rings (SSSR count). The quantitative estimate of drug-likeness (QED) is 0.679. The number of ether oxygens (including phenoxy) is 1. The van der Waals surface area contributed by atoms with Crippen LogP contribution >= 0.6 is 11.3 Å². The second kappa shape index (κ2) is 3.00. The summed E-state index contributed by atoms with van der Waals surface area (Å²) in [5, 5.41) is 0.828. The van der Waals surface area contributed by atoms with Crippen LogP contribution in [0.1, 0.15) is 5.56 Å². The van der Waals surface area contributed by atoms with Gasteiger partial charge in [-0.3, -0.25) is 0 Å². The van der Waals surface area contributed by atoms with E-state index in [2.05, 4.69) is 0 Å². The molecule has 13 heavy (non-hydrogen) atoms. The Bertz CT molecular complexity index is 447. The van der Waals surface area contributed by atoms with Crippen LogP contribution in [0.3, 0.4) is 0 Å². The van der Waals surface area contributed by atoms with Gasteiger partial charge in [-0.15, -0.1) is 11.3 Å². The maximum atomic E-state index is 12.9. The molecule has 0 atom stereocenters. The fourth-order valence-corrected chi connectivity index (χ4v) is 2.26. The molecule has 0 aliphatic heterocycles. The van der Waals surface area contributed by atoms with Crippen molar-refractivity contribution < 1.29 is 9.13 Å². The third-order valence-electron chi connectivity index (χ3n) is 2.02. The zero-order chi connectivity index (χ0) is 9.42. The summed E-state index contributed by atoms with van der Waals surface area (Å²) in [4.78, 5) is 0. The molecular formula is C10H9FOS. The van der Waals surface area contributed by atoms with Crippen molar-refractivity contribution in [1.82, 2.24) is 0 Å². The van der Waals surface area contributed by atoms with Crippen LogP contribution in [-0.2, 0) is 0 Å². The first kappa shape index (κ1) is 8.51. The van der Waals surface area contributed by atoms with Crippen molar-refractivity contribution in [2.45, 2.75) is 6.92 Å². The fraction of sp³-hybridized carbons (Fsp3) is 0.200. The maximum Gasteiger partial charge on any atom is 0.177 e. The number of methoxy groups -OCH3 is 1. The maximum absolute atomic E-state index is 12.9. The summed E-state index contributed by atoms with van der Waals surface area (Å²) >= 11 is 1.15. The molecule has 1 aromatic carbocycles. The molecule has 0 radical (unpaired) electrons. The molecule has 0 fully saturated rings. The van der Waals surface area contributed by atoms with Crippen LogP contribution in [0.2, 0.25) is 0 Å². The number of benzene rings is 1. The molecule has 68 valence electrons. The van der Waals surface area contributed by atoms with Crippen molar-refractivity contribution in [3.8, 4) is 5.75 Å². The van der Waals surface area contributed by atoms with E-state index in [0.717, 1.165) is 32.7 Å². The molecule has 0 saturated heterocycles. The van der Waals surface area contributed by atoms with Crippen LogP contribution in [-0.4, -0.2) is 7.11 Å². The lowest BCUT2D eigenvalue weighted by Crippen LogP contribution is -1.82. The van der Waals surface area contributed by atoms with Crippen molar-refractivity contribution in [2.24, 2.45) is 0 Å². The van der Waals surface area contributed by atoms with E-state index in [9.17, 15) is 4.39 Å². The van der Waals surface area contributed by atoms with E-state index < -0.39 is 0 Å². The van der Waals surface area contributed by atoms with Gasteiger partial charge in [-0.1, -0.05) is 0 Å². The number of fused-ring (bicyclic) bond motifs is 1. The van der Waals surface area contributed by atoms with E-state index in [1.54, 1.807) is 13.2 Å². The minimum absolute atomic E-state index is 0.147. The van der Waals surface area contributed by atoms with Crippen LogP contribution in [0.25, 0.3) is 10.1 Å². The van der Waals surface area contributed by atoms with E-state index in [1.807, 2.05) is 19.1 Å². The average molecular weight is 196 g/mol. The summed E-state index contributed by atoms with van der Waals surface area (Å²) in [7, 11) is 1.62. The minimum atomic E-state index is -0.147. The summed E-state index contributed by atoms with van der Waals surface area (Å²) in [6, 6.07) is 5.33. The van der Waals surface area contributed by atoms with Gasteiger partial charge in [-0.05, 0) is 36.1 Å². The lowest BCUT2D eigenvalue weighted by atomic mass is 10.1. The zero-order valence-electron chi connectivity index (χ0n) is 7.43. The number of aryl methyl sites for hydroxylation is 1. The molecule has 1 heterocycles. The molecule has 2 aromatic rings. The number of hydrogen-bond donors (Lipinski definition) is 0. The molecule has 1 aromatic heterocycles. The van der Waals surface area contributed by atoms with Gasteiger partial charge in [0, 0.05) is 4.70 Å². The summed E-state index contributed by atoms with van der Waals surface area (Å²) in [5.41, 5.74) is 1.05. The highest BCUT2D eigenvalue weighted by molar-refractivity contribution is 7.17. The Morgan fingerprint density at radius 2 is 2.08 bits per heavy atom. The largest absolute Gasteiger partial charge is 0.497 e. The van der Waals surface area contributed by atoms with E-state index >= 15 is 0 Å². The fourth-order valence-electron chi connectivity index (χ4n) is 1.37. The summed E-state index contributed by atoms with van der Waals surface area (Å²) in [6.07, 6.45) is 0. The Labute approximate surface area is 79.8 Å². The van der Waals surface area contributed by atoms with Crippen molar-refractivity contribution in [2.75, 3.05) is 7.11 Å². The number of halogens is 1. The Balaban J connectivity index is 2.75. The van der Waals surface area contributed by atoms with E-state index in [4.69, 9.17) is 4.74 Å². The highest BCUT2D eigenvalue weighted by Gasteiger charge is 2.05. The predicted octanol–water partition coefficient (Wildman–Crippen LogP) is 3.36. The van der Waals surface area contributed by atoms with Crippen molar-refractivity contribution >= 4 is 21.4 Å². The Hall–Kier alpha value is -1.09. The van der Waals surface area contributed by atoms with Crippen LogP contribution in [0.15, 0.2) is 18.2 Å². The van der Waals surface area contributed by atoms with Gasteiger partial charge in [-0.25, -0.2) is 0 Å². The van der Waals surface area contributed by atoms with E-state index in [-0.39, 0.29) is 5.13 Å². The topological polar surface area (TPSA) is 9.23 Å². The first-order valence-corrected chi connectivity index (χ1v) is 4.76. The standard InChI is InChI=1S/C10H9FOS/c1-6-3-7(12-2)4-9-8(6)5-10(11)13-9/h3-5H,1-2H3. The average Bonchev–Trinajstić information content (AvgIpc) is 2.46. The highest BCUT2D eigenvalue weighted by Crippen LogP contribution is 2.30. The van der Waals surface area contributed by atoms with Gasteiger partial charge < -0.3 is 4.74 Å². The molecule has 0 spiro atoms. The number of hydrogen-bond acceptors (Lipinski definition) is 2. The molecule has 0 aliphatic rings. The Morgan fingerprint density at radius 3 is 2.77 bits per heavy atom. The predicted molar refractivity (Wildman–Crippen MR) is 53.1 cm³/mol. The van der Waals surface area contributed by atoms with Gasteiger partial charge in [0.15, 0.2) is 5.13 Å². The minimum Gasteiger partial charge on any atom is -0.497 e. The third-order valence-corrected chi connectivity index (χ3v) is 2.89. The Kier molecular flexibility index (Phi) is 1.96. The van der Waals surface area contributed by atoms with Gasteiger partial charge in [-0.2, -0.15) is 4.39 Å². The lowest BCUT2D eigenvalue weighted by Gasteiger charge is -2.01. The van der Waals surface area contributed by atoms with Gasteiger partial charge in [0.05, 0.1) is 7.11 Å². The molecular weight excluding hydrogens is 187 g/mol. The molecule has 0 amide bonds. The Morgan fingerprint density at radius 1 is 1.31 bits per heavy atom. The van der Waals surface area contributed by atoms with Crippen LogP contribution in [0.4, 0.5) is 4.39 Å². The molecule has 3 heteroatoms. The van der Waals surface area contributed by atoms with Gasteiger partial charge in [0.1, 0.15) is 5.75 Å². The van der Waals surface area contributed by atoms with Crippen LogP contribution in [0.5, 0.6) is 5.75 Å². The number of thiophene rings is 1. The van der Waals surface area contributed by atoms with Crippen molar-refractivity contribution in [3.63, 3.8) is 0 Å². The summed E-state index contributed by atoms with van der Waals surface area (Å²) < 4.78 is 19.0. The van der Waals surface area contributed by atoms with Crippen LogP contribution in [0, 0.1) is 12.1 Å². The zero-order valence-corrected chi connectivity index (χ0v) is 8.24. The van der Waals surface area contributed by atoms with Crippen LogP contribution < -0.4 is 4.74 Å². The SMILES string of the molecule is COc1cc(C)c2cc(F)sc2c1. The number of rotatable bonds is 1. The first-order valence-electron chi connectivity index (χ1n) is 3.94. The van der Waals surface area contributed by atoms with E-state index in [0.29, 0.717) is 0 Å². The molecule has 0 aliphatic carbocycles. The normalized spacial score (nSPS) is 10.7. The lowest BCUT2D eigenvalue weighted by molar-refractivity contribution is 0.415. The highest BCUT2D eigenvalue weighted by atomic mass is 32.1. The summed E-state index contributed by atoms with van der Waals surface area (Å²) in [5.74, 6) is 0.784. The second-order valence-corrected chi connectivity index (χ2v) is 3.94. The van der Waals surface area contributed by atoms with Crippen molar-refractivity contribution in [1.29, 1.82) is 0 Å². The summed E-state index contributed by atoms with van der Waals surface area (Å²) in [6.45, 7) is 1.96. The molecule has 0 bridgehead atoms. The van der Waals surface area contributed by atoms with Crippen molar-refractivity contribution in [3.05, 3.63) is 28.9 Å². The van der Waals surface area contributed by atoms with Gasteiger partial charge >= 0.3 is 0 Å². The molecule has 0 N–H and O–H groups in total. The smallest absolute Gasteiger partial charge is 0.177 e. The van der Waals surface area contributed by atoms with Gasteiger partial charge in [0.2, 0.25) is 0 Å². The van der Waals surface area contributed by atoms with E-state index in [1.165, 1.54) is 0 Å². The molecule has 0 saturated carbocycles. The molecule has 0 unspecified atom stereocenters. The molecule has 1 nitrogen and oxygen atoms in total.